The van der Waals surface area contributed by atoms with Crippen molar-refractivity contribution in [1.29, 1.82) is 0 Å². The lowest BCUT2D eigenvalue weighted by atomic mass is 10.2. The highest BCUT2D eigenvalue weighted by molar-refractivity contribution is 5.79. The van der Waals surface area contributed by atoms with Gasteiger partial charge in [-0.15, -0.1) is 0 Å². The Hall–Kier alpha value is -2.76. The lowest BCUT2D eigenvalue weighted by Crippen LogP contribution is -1.96. The molecule has 18 heavy (non-hydrogen) atoms. The second-order valence-electron chi connectivity index (χ2n) is 3.76. The largest absolute Gasteiger partial charge is 0.269 e. The van der Waals surface area contributed by atoms with Crippen LogP contribution >= 0.6 is 0 Å². The van der Waals surface area contributed by atoms with Gasteiger partial charge in [-0.25, -0.2) is 4.68 Å². The van der Waals surface area contributed by atoms with E-state index < -0.39 is 4.92 Å². The van der Waals surface area contributed by atoms with E-state index in [1.807, 2.05) is 6.07 Å². The third kappa shape index (κ3) is 1.60. The number of hydrogen-bond donors (Lipinski definition) is 0. The molecule has 0 aliphatic heterocycles. The van der Waals surface area contributed by atoms with Crippen LogP contribution < -0.4 is 0 Å². The zero-order valence-electron chi connectivity index (χ0n) is 9.22. The minimum atomic E-state index is -0.422. The maximum atomic E-state index is 10.6. The normalized spacial score (nSPS) is 10.7. The minimum absolute atomic E-state index is 0.0666. The van der Waals surface area contributed by atoms with Gasteiger partial charge in [-0.05, 0) is 18.2 Å². The van der Waals surface area contributed by atoms with E-state index in [4.69, 9.17) is 0 Å². The summed E-state index contributed by atoms with van der Waals surface area (Å²) in [4.78, 5) is 14.2. The Morgan fingerprint density at radius 2 is 1.89 bits per heavy atom. The fourth-order valence-corrected chi connectivity index (χ4v) is 1.80. The summed E-state index contributed by atoms with van der Waals surface area (Å²) in [7, 11) is 0. The number of aromatic nitrogens is 3. The summed E-state index contributed by atoms with van der Waals surface area (Å²) in [5.41, 5.74) is 1.76. The second-order valence-corrected chi connectivity index (χ2v) is 3.76. The van der Waals surface area contributed by atoms with Gasteiger partial charge in [0.2, 0.25) is 0 Å². The number of pyridine rings is 1. The molecule has 0 amide bonds. The van der Waals surface area contributed by atoms with E-state index in [-0.39, 0.29) is 5.69 Å². The molecule has 0 fully saturated rings. The number of rotatable bonds is 2. The zero-order chi connectivity index (χ0) is 12.5. The van der Waals surface area contributed by atoms with Gasteiger partial charge in [0.25, 0.3) is 5.69 Å². The molecule has 0 radical (unpaired) electrons. The summed E-state index contributed by atoms with van der Waals surface area (Å²) in [5, 5.41) is 15.8. The number of nitro benzene ring substituents is 1. The molecule has 6 nitrogen and oxygen atoms in total. The van der Waals surface area contributed by atoms with Gasteiger partial charge < -0.3 is 0 Å². The van der Waals surface area contributed by atoms with Crippen molar-refractivity contribution in [2.24, 2.45) is 0 Å². The average molecular weight is 240 g/mol. The Morgan fingerprint density at radius 3 is 2.61 bits per heavy atom. The molecule has 6 heteroatoms. The lowest BCUT2D eigenvalue weighted by Gasteiger charge is -2.02. The van der Waals surface area contributed by atoms with Crippen LogP contribution in [0.3, 0.4) is 0 Å². The molecule has 0 saturated carbocycles. The van der Waals surface area contributed by atoms with Gasteiger partial charge in [-0.2, -0.15) is 5.10 Å². The van der Waals surface area contributed by atoms with Crippen LogP contribution in [0.25, 0.3) is 16.6 Å². The van der Waals surface area contributed by atoms with Crippen LogP contribution in [0.5, 0.6) is 0 Å². The first-order valence-electron chi connectivity index (χ1n) is 5.28. The van der Waals surface area contributed by atoms with Crippen LogP contribution in [0.4, 0.5) is 5.69 Å². The summed E-state index contributed by atoms with van der Waals surface area (Å²) in [6.07, 6.45) is 5.12. The topological polar surface area (TPSA) is 73.8 Å². The number of nitrogens with zero attached hydrogens (tertiary/aromatic N) is 4. The van der Waals surface area contributed by atoms with Crippen molar-refractivity contribution in [3.8, 4) is 5.69 Å². The molecule has 88 valence electrons. The standard InChI is InChI=1S/C12H8N4O2/c17-16(18)11-3-1-10(2-4-11)15-12-5-6-13-7-9(12)8-14-15/h1-8H. The van der Waals surface area contributed by atoms with E-state index in [1.165, 1.54) is 12.1 Å². The highest BCUT2D eigenvalue weighted by Gasteiger charge is 2.07. The quantitative estimate of drug-likeness (QED) is 0.509. The third-order valence-corrected chi connectivity index (χ3v) is 2.67. The van der Waals surface area contributed by atoms with Crippen LogP contribution in [-0.4, -0.2) is 19.7 Å². The Kier molecular flexibility index (Phi) is 2.26. The van der Waals surface area contributed by atoms with E-state index in [0.29, 0.717) is 0 Å². The summed E-state index contributed by atoms with van der Waals surface area (Å²) in [6, 6.07) is 8.12. The number of fused-ring (bicyclic) bond motifs is 1. The molecule has 0 atom stereocenters. The second kappa shape index (κ2) is 3.92. The highest BCUT2D eigenvalue weighted by atomic mass is 16.6. The first kappa shape index (κ1) is 10.4. The van der Waals surface area contributed by atoms with Crippen molar-refractivity contribution in [2.75, 3.05) is 0 Å². The van der Waals surface area contributed by atoms with Crippen molar-refractivity contribution >= 4 is 16.6 Å². The molecule has 0 spiro atoms. The van der Waals surface area contributed by atoms with Crippen LogP contribution in [0, 0.1) is 10.1 Å². The number of benzene rings is 1. The third-order valence-electron chi connectivity index (χ3n) is 2.67. The van der Waals surface area contributed by atoms with Crippen molar-refractivity contribution in [2.45, 2.75) is 0 Å². The fourth-order valence-electron chi connectivity index (χ4n) is 1.80. The molecular weight excluding hydrogens is 232 g/mol. The lowest BCUT2D eigenvalue weighted by molar-refractivity contribution is -0.384. The van der Waals surface area contributed by atoms with Gasteiger partial charge in [0, 0.05) is 29.9 Å². The molecule has 0 bridgehead atoms. The van der Waals surface area contributed by atoms with Crippen LogP contribution in [-0.2, 0) is 0 Å². The first-order chi connectivity index (χ1) is 8.75. The Morgan fingerprint density at radius 1 is 1.11 bits per heavy atom. The van der Waals surface area contributed by atoms with Gasteiger partial charge in [0.15, 0.2) is 0 Å². The molecule has 2 aromatic heterocycles. The Bertz CT molecular complexity index is 718. The number of hydrogen-bond acceptors (Lipinski definition) is 4. The van der Waals surface area contributed by atoms with E-state index in [9.17, 15) is 10.1 Å². The van der Waals surface area contributed by atoms with Crippen molar-refractivity contribution in [3.05, 3.63) is 59.0 Å². The first-order valence-corrected chi connectivity index (χ1v) is 5.28. The van der Waals surface area contributed by atoms with Gasteiger partial charge in [-0.3, -0.25) is 15.1 Å². The van der Waals surface area contributed by atoms with Crippen molar-refractivity contribution in [3.63, 3.8) is 0 Å². The van der Waals surface area contributed by atoms with E-state index >= 15 is 0 Å². The predicted octanol–water partition coefficient (Wildman–Crippen LogP) is 2.33. The van der Waals surface area contributed by atoms with Crippen molar-refractivity contribution in [1.82, 2.24) is 14.8 Å². The highest BCUT2D eigenvalue weighted by Crippen LogP contribution is 2.19. The predicted molar refractivity (Wildman–Crippen MR) is 65.5 cm³/mol. The van der Waals surface area contributed by atoms with Gasteiger partial charge in [0.05, 0.1) is 22.3 Å². The monoisotopic (exact) mass is 240 g/mol. The molecule has 0 saturated heterocycles. The molecule has 2 heterocycles. The molecule has 3 rings (SSSR count). The average Bonchev–Trinajstić information content (AvgIpc) is 2.82. The molecule has 0 aliphatic rings. The Labute approximate surface area is 102 Å². The van der Waals surface area contributed by atoms with Gasteiger partial charge in [0.1, 0.15) is 0 Å². The number of non-ortho nitro benzene ring substituents is 1. The smallest absolute Gasteiger partial charge is 0.264 e. The molecule has 1 aromatic carbocycles. The van der Waals surface area contributed by atoms with Crippen LogP contribution in [0.1, 0.15) is 0 Å². The van der Waals surface area contributed by atoms with E-state index in [2.05, 4.69) is 10.1 Å². The van der Waals surface area contributed by atoms with Gasteiger partial charge >= 0.3 is 0 Å². The summed E-state index contributed by atoms with van der Waals surface area (Å²) in [6.45, 7) is 0. The molecule has 0 aliphatic carbocycles. The molecule has 0 N–H and O–H groups in total. The summed E-state index contributed by atoms with van der Waals surface area (Å²) < 4.78 is 1.72. The fraction of sp³-hybridized carbons (Fsp3) is 0. The van der Waals surface area contributed by atoms with E-state index in [0.717, 1.165) is 16.6 Å². The van der Waals surface area contributed by atoms with Crippen LogP contribution in [0.15, 0.2) is 48.9 Å². The number of nitro groups is 1. The van der Waals surface area contributed by atoms with Gasteiger partial charge in [-0.1, -0.05) is 0 Å². The minimum Gasteiger partial charge on any atom is -0.264 e. The zero-order valence-corrected chi connectivity index (χ0v) is 9.22. The maximum absolute atomic E-state index is 10.6. The maximum Gasteiger partial charge on any atom is 0.269 e. The SMILES string of the molecule is O=[N+]([O-])c1ccc(-n2ncc3cnccc32)cc1. The van der Waals surface area contributed by atoms with Crippen LogP contribution in [0.2, 0.25) is 0 Å². The summed E-state index contributed by atoms with van der Waals surface area (Å²) >= 11 is 0. The molecular formula is C12H8N4O2. The van der Waals surface area contributed by atoms with Crippen molar-refractivity contribution < 1.29 is 4.92 Å². The summed E-state index contributed by atoms with van der Waals surface area (Å²) in [5.74, 6) is 0. The molecule has 3 aromatic rings. The molecule has 0 unspecified atom stereocenters. The Balaban J connectivity index is 2.12. The van der Waals surface area contributed by atoms with E-state index in [1.54, 1.807) is 35.4 Å².